The maximum atomic E-state index is 13.6. The Hall–Kier alpha value is -2.01. The lowest BCUT2D eigenvalue weighted by atomic mass is 10.1. The van der Waals surface area contributed by atoms with E-state index in [0.29, 0.717) is 0 Å². The van der Waals surface area contributed by atoms with Crippen molar-refractivity contribution in [1.82, 2.24) is 0 Å². The molecule has 2 aromatic carbocycles. The van der Waals surface area contributed by atoms with Crippen LogP contribution in [0.1, 0.15) is 0 Å². The van der Waals surface area contributed by atoms with Crippen LogP contribution in [-0.2, 0) is 10.1 Å². The number of rotatable bonds is 5. The van der Waals surface area contributed by atoms with Crippen LogP contribution < -0.4 is 4.74 Å². The van der Waals surface area contributed by atoms with Crippen LogP contribution in [0.3, 0.4) is 0 Å². The molecule has 2 aromatic rings. The third-order valence-corrected chi connectivity index (χ3v) is 3.92. The van der Waals surface area contributed by atoms with Gasteiger partial charge in [0.25, 0.3) is 0 Å². The molecule has 0 N–H and O–H groups in total. The quantitative estimate of drug-likeness (QED) is 0.594. The van der Waals surface area contributed by atoms with Gasteiger partial charge in [-0.15, -0.1) is 0 Å². The number of fused-ring (bicyclic) bond motifs is 1. The van der Waals surface area contributed by atoms with E-state index in [1.54, 1.807) is 0 Å². The van der Waals surface area contributed by atoms with E-state index in [-0.39, 0.29) is 10.8 Å². The second-order valence-electron chi connectivity index (χ2n) is 4.64. The average Bonchev–Trinajstić information content (AvgIpc) is 2.45. The lowest BCUT2D eigenvalue weighted by Crippen LogP contribution is -2.60. The molecule has 0 aliphatic carbocycles. The first-order valence-corrected chi connectivity index (χ1v) is 7.48. The highest BCUT2D eigenvalue weighted by Crippen LogP contribution is 2.49. The third-order valence-electron chi connectivity index (χ3n) is 3.03. The van der Waals surface area contributed by atoms with Crippen molar-refractivity contribution in [2.75, 3.05) is 0 Å². The molecule has 0 heterocycles. The zero-order valence-electron chi connectivity index (χ0n) is 11.4. The molecule has 0 radical (unpaired) electrons. The molecule has 0 aromatic heterocycles. The summed E-state index contributed by atoms with van der Waals surface area (Å²) < 4.78 is 114. The molecule has 0 spiro atoms. The number of alkyl halides is 6. The van der Waals surface area contributed by atoms with E-state index in [1.807, 2.05) is 0 Å². The van der Waals surface area contributed by atoms with E-state index in [0.717, 1.165) is 12.1 Å². The van der Waals surface area contributed by atoms with Gasteiger partial charge in [0.15, 0.2) is 10.1 Å². The molecule has 132 valence electrons. The van der Waals surface area contributed by atoms with Crippen LogP contribution in [0.25, 0.3) is 10.8 Å². The Morgan fingerprint density at radius 3 is 2.00 bits per heavy atom. The minimum absolute atomic E-state index is 0.108. The second kappa shape index (κ2) is 5.52. The minimum Gasteiger partial charge on any atom is -0.743 e. The van der Waals surface area contributed by atoms with Crippen molar-refractivity contribution >= 4 is 20.9 Å². The summed E-state index contributed by atoms with van der Waals surface area (Å²) in [6.07, 6.45) is -5.97. The van der Waals surface area contributed by atoms with Crippen LogP contribution >= 0.6 is 0 Å². The molecular weight excluding hydrogens is 366 g/mol. The summed E-state index contributed by atoms with van der Waals surface area (Å²) in [5.74, 6) is -7.49. The van der Waals surface area contributed by atoms with Crippen molar-refractivity contribution in [1.29, 1.82) is 0 Å². The monoisotopic (exact) mass is 373 g/mol. The molecule has 0 aliphatic rings. The van der Waals surface area contributed by atoms with Gasteiger partial charge in [0.2, 0.25) is 0 Å². The predicted octanol–water partition coefficient (Wildman–Crippen LogP) is 3.58. The molecule has 0 amide bonds. The Kier molecular flexibility index (Phi) is 4.21. The Labute approximate surface area is 131 Å². The zero-order valence-corrected chi connectivity index (χ0v) is 12.2. The van der Waals surface area contributed by atoms with E-state index in [2.05, 4.69) is 4.74 Å². The van der Waals surface area contributed by atoms with Gasteiger partial charge in [-0.3, -0.25) is 0 Å². The van der Waals surface area contributed by atoms with Crippen LogP contribution in [0.4, 0.5) is 26.3 Å². The Morgan fingerprint density at radius 2 is 1.42 bits per heavy atom. The molecule has 24 heavy (non-hydrogen) atoms. The van der Waals surface area contributed by atoms with Crippen molar-refractivity contribution in [2.24, 2.45) is 0 Å². The van der Waals surface area contributed by atoms with E-state index in [4.69, 9.17) is 0 Å². The molecule has 11 heteroatoms. The molecule has 0 bridgehead atoms. The summed E-state index contributed by atoms with van der Waals surface area (Å²) >= 11 is 0. The van der Waals surface area contributed by atoms with Crippen molar-refractivity contribution < 1.29 is 44.0 Å². The maximum Gasteiger partial charge on any atom is 0.472 e. The Morgan fingerprint density at radius 1 is 0.875 bits per heavy atom. The summed E-state index contributed by atoms with van der Waals surface area (Å²) in [5, 5.41) is -6.41. The van der Waals surface area contributed by atoms with Gasteiger partial charge in [-0.25, -0.2) is 8.42 Å². The first-order chi connectivity index (χ1) is 10.8. The largest absolute Gasteiger partial charge is 0.743 e. The normalized spacial score (nSPS) is 14.0. The van der Waals surface area contributed by atoms with Gasteiger partial charge in [0.1, 0.15) is 5.75 Å². The Balaban J connectivity index is 2.50. The molecule has 4 nitrogen and oxygen atoms in total. The van der Waals surface area contributed by atoms with Crippen LogP contribution in [0.15, 0.2) is 42.5 Å². The molecule has 0 fully saturated rings. The number of halogens is 6. The highest BCUT2D eigenvalue weighted by Gasteiger charge is 2.77. The fourth-order valence-electron chi connectivity index (χ4n) is 1.81. The third kappa shape index (κ3) is 2.77. The summed E-state index contributed by atoms with van der Waals surface area (Å²) in [6, 6.07) is 8.80. The SMILES string of the molecule is O=S(=O)([O-])C(F)(F)C(F)(F)C(F)(F)Oc1cccc2ccccc12. The number of hydrogen-bond donors (Lipinski definition) is 0. The number of ether oxygens (including phenoxy) is 1. The molecule has 0 saturated heterocycles. The molecule has 0 saturated carbocycles. The summed E-state index contributed by atoms with van der Waals surface area (Å²) in [6.45, 7) is 0. The summed E-state index contributed by atoms with van der Waals surface area (Å²) in [7, 11) is -7.07. The van der Waals surface area contributed by atoms with Gasteiger partial charge in [-0.1, -0.05) is 36.4 Å². The number of hydrogen-bond acceptors (Lipinski definition) is 4. The van der Waals surface area contributed by atoms with E-state index in [1.165, 1.54) is 30.3 Å². The van der Waals surface area contributed by atoms with Crippen molar-refractivity contribution in [3.8, 4) is 5.75 Å². The first kappa shape index (κ1) is 18.3. The van der Waals surface area contributed by atoms with Gasteiger partial charge in [0, 0.05) is 5.39 Å². The zero-order chi connectivity index (χ0) is 18.4. The second-order valence-corrected chi connectivity index (χ2v) is 6.06. The number of benzene rings is 2. The van der Waals surface area contributed by atoms with Crippen LogP contribution in [0.2, 0.25) is 0 Å². The fraction of sp³-hybridized carbons (Fsp3) is 0.231. The lowest BCUT2D eigenvalue weighted by molar-refractivity contribution is -0.353. The molecule has 0 unspecified atom stereocenters. The topological polar surface area (TPSA) is 66.4 Å². The molecule has 0 atom stereocenters. The summed E-state index contributed by atoms with van der Waals surface area (Å²) in [5.41, 5.74) is 0. The van der Waals surface area contributed by atoms with Crippen molar-refractivity contribution in [2.45, 2.75) is 17.3 Å². The van der Waals surface area contributed by atoms with Gasteiger partial charge in [0.05, 0.1) is 0 Å². The van der Waals surface area contributed by atoms with Crippen LogP contribution in [-0.4, -0.2) is 30.3 Å². The molecule has 2 rings (SSSR count). The van der Waals surface area contributed by atoms with E-state index in [9.17, 15) is 39.3 Å². The maximum absolute atomic E-state index is 13.6. The highest BCUT2D eigenvalue weighted by atomic mass is 32.2. The predicted molar refractivity (Wildman–Crippen MR) is 69.1 cm³/mol. The van der Waals surface area contributed by atoms with Crippen molar-refractivity contribution in [3.63, 3.8) is 0 Å². The lowest BCUT2D eigenvalue weighted by Gasteiger charge is -2.33. The van der Waals surface area contributed by atoms with Gasteiger partial charge in [-0.05, 0) is 11.5 Å². The Bertz CT molecular complexity index is 860. The molecular formula is C13H7F6O4S-. The van der Waals surface area contributed by atoms with E-state index < -0.39 is 33.2 Å². The average molecular weight is 373 g/mol. The van der Waals surface area contributed by atoms with E-state index >= 15 is 0 Å². The van der Waals surface area contributed by atoms with Gasteiger partial charge < -0.3 is 9.29 Å². The van der Waals surface area contributed by atoms with Crippen molar-refractivity contribution in [3.05, 3.63) is 42.5 Å². The van der Waals surface area contributed by atoms with Gasteiger partial charge >= 0.3 is 17.3 Å². The minimum atomic E-state index is -7.07. The van der Waals surface area contributed by atoms with Crippen LogP contribution in [0, 0.1) is 0 Å². The summed E-state index contributed by atoms with van der Waals surface area (Å²) in [4.78, 5) is 0. The van der Waals surface area contributed by atoms with Crippen LogP contribution in [0.5, 0.6) is 5.75 Å². The standard InChI is InChI=1S/C13H8F6O4S/c14-11(15,13(18,19)24(20,21)22)12(16,17)23-10-7-3-5-8-4-1-2-6-9(8)10/h1-7H,(H,20,21,22)/p-1. The molecule has 0 aliphatic heterocycles. The smallest absolute Gasteiger partial charge is 0.472 e. The highest BCUT2D eigenvalue weighted by molar-refractivity contribution is 7.86. The first-order valence-electron chi connectivity index (χ1n) is 6.07. The van der Waals surface area contributed by atoms with Gasteiger partial charge in [-0.2, -0.15) is 26.3 Å². The fourth-order valence-corrected chi connectivity index (χ4v) is 2.25.